The minimum absolute atomic E-state index is 0.104. The Bertz CT molecular complexity index is 123. The predicted octanol–water partition coefficient (Wildman–Crippen LogP) is 4.18. The topological polar surface area (TPSA) is 0 Å². The smallest absolute Gasteiger partial charge is 0.0878 e. The number of alkyl halides is 4. The van der Waals surface area contributed by atoms with Crippen molar-refractivity contribution < 1.29 is 0 Å². The molecule has 2 unspecified atom stereocenters. The van der Waals surface area contributed by atoms with Crippen LogP contribution in [-0.4, -0.2) is 12.9 Å². The van der Waals surface area contributed by atoms with E-state index in [1.54, 1.807) is 0 Å². The van der Waals surface area contributed by atoms with Crippen LogP contribution in [0.25, 0.3) is 0 Å². The van der Waals surface area contributed by atoms with Gasteiger partial charge in [0.1, 0.15) is 0 Å². The van der Waals surface area contributed by atoms with E-state index in [-0.39, 0.29) is 3.23 Å². The molecule has 0 aliphatic heterocycles. The summed E-state index contributed by atoms with van der Waals surface area (Å²) < 4.78 is 0.104. The van der Waals surface area contributed by atoms with E-state index in [9.17, 15) is 0 Å². The van der Waals surface area contributed by atoms with Crippen LogP contribution in [0.5, 0.6) is 0 Å². The van der Waals surface area contributed by atoms with Crippen molar-refractivity contribution >= 4 is 63.7 Å². The molecule has 1 aliphatic rings. The summed E-state index contributed by atoms with van der Waals surface area (Å²) in [5.74, 6) is 0. The highest BCUT2D eigenvalue weighted by molar-refractivity contribution is 9.26. The largest absolute Gasteiger partial charge is 0.0940 e. The zero-order valence-electron chi connectivity index (χ0n) is 5.29. The lowest BCUT2D eigenvalue weighted by atomic mass is 10.0. The Morgan fingerprint density at radius 1 is 1.20 bits per heavy atom. The Hall–Kier alpha value is 1.92. The van der Waals surface area contributed by atoms with Crippen molar-refractivity contribution in [1.29, 1.82) is 0 Å². The van der Waals surface area contributed by atoms with Gasteiger partial charge in [0.25, 0.3) is 0 Å². The minimum Gasteiger partial charge on any atom is -0.0878 e. The van der Waals surface area contributed by atoms with Gasteiger partial charge in [0, 0.05) is 4.83 Å². The first-order valence-corrected chi connectivity index (χ1v) is 6.62. The molecule has 1 fully saturated rings. The molecule has 1 saturated carbocycles. The van der Waals surface area contributed by atoms with Crippen LogP contribution in [0.1, 0.15) is 19.3 Å². The van der Waals surface area contributed by atoms with E-state index in [0.29, 0.717) is 9.65 Å². The second-order valence-electron chi connectivity index (χ2n) is 2.57. The maximum absolute atomic E-state index is 3.64. The van der Waals surface area contributed by atoms with Gasteiger partial charge in [0.05, 0.1) is 8.06 Å². The molecule has 0 nitrogen and oxygen atoms in total. The highest BCUT2D eigenvalue weighted by Gasteiger charge is 2.39. The minimum atomic E-state index is 0.104. The monoisotopic (exact) mass is 396 g/mol. The van der Waals surface area contributed by atoms with E-state index < -0.39 is 0 Å². The fourth-order valence-electron chi connectivity index (χ4n) is 1.08. The van der Waals surface area contributed by atoms with E-state index in [0.717, 1.165) is 0 Å². The van der Waals surface area contributed by atoms with Crippen molar-refractivity contribution in [1.82, 2.24) is 0 Å². The SMILES string of the molecule is BrC1CCCC(Br)(Br)C1Br. The third-order valence-electron chi connectivity index (χ3n) is 1.71. The highest BCUT2D eigenvalue weighted by atomic mass is 79.9. The van der Waals surface area contributed by atoms with E-state index in [1.165, 1.54) is 19.3 Å². The van der Waals surface area contributed by atoms with Gasteiger partial charge in [-0.2, -0.15) is 0 Å². The van der Waals surface area contributed by atoms with Gasteiger partial charge in [-0.25, -0.2) is 0 Å². The average Bonchev–Trinajstić information content (AvgIpc) is 1.83. The molecule has 2 atom stereocenters. The molecule has 0 amide bonds. The molecule has 4 heteroatoms. The van der Waals surface area contributed by atoms with Crippen LogP contribution in [-0.2, 0) is 0 Å². The Balaban J connectivity index is 2.60. The van der Waals surface area contributed by atoms with Crippen LogP contribution in [0, 0.1) is 0 Å². The molecule has 0 bridgehead atoms. The number of hydrogen-bond donors (Lipinski definition) is 0. The number of rotatable bonds is 0. The van der Waals surface area contributed by atoms with E-state index in [4.69, 9.17) is 0 Å². The summed E-state index contributed by atoms with van der Waals surface area (Å²) in [5.41, 5.74) is 0. The zero-order valence-corrected chi connectivity index (χ0v) is 11.6. The first kappa shape index (κ1) is 10.0. The summed E-state index contributed by atoms with van der Waals surface area (Å²) in [6.07, 6.45) is 3.72. The lowest BCUT2D eigenvalue weighted by Gasteiger charge is -2.34. The molecule has 0 aromatic carbocycles. The lowest BCUT2D eigenvalue weighted by molar-refractivity contribution is 0.537. The van der Waals surface area contributed by atoms with E-state index >= 15 is 0 Å². The normalized spacial score (nSPS) is 39.6. The van der Waals surface area contributed by atoms with Crippen LogP contribution in [0.4, 0.5) is 0 Å². The third kappa shape index (κ3) is 2.20. The Morgan fingerprint density at radius 3 is 2.20 bits per heavy atom. The summed E-state index contributed by atoms with van der Waals surface area (Å²) in [6, 6.07) is 0. The van der Waals surface area contributed by atoms with Crippen molar-refractivity contribution in [3.8, 4) is 0 Å². The molecule has 0 aromatic rings. The standard InChI is InChI=1S/C6H8Br4/c7-4-2-1-3-6(9,10)5(4)8/h4-5H,1-3H2. The Labute approximate surface area is 95.0 Å². The molecule has 0 radical (unpaired) electrons. The van der Waals surface area contributed by atoms with Crippen LogP contribution in [0.3, 0.4) is 0 Å². The summed E-state index contributed by atoms with van der Waals surface area (Å²) in [7, 11) is 0. The van der Waals surface area contributed by atoms with Gasteiger partial charge in [-0.05, 0) is 12.8 Å². The number of halogens is 4. The molecule has 0 heterocycles. The number of hydrogen-bond acceptors (Lipinski definition) is 0. The summed E-state index contributed by atoms with van der Waals surface area (Å²) in [4.78, 5) is 1.06. The maximum Gasteiger partial charge on any atom is 0.0940 e. The fourth-order valence-corrected chi connectivity index (χ4v) is 4.26. The average molecular weight is 400 g/mol. The molecule has 1 rings (SSSR count). The van der Waals surface area contributed by atoms with Gasteiger partial charge in [-0.15, -0.1) is 0 Å². The van der Waals surface area contributed by atoms with Crippen LogP contribution >= 0.6 is 63.7 Å². The Kier molecular flexibility index (Phi) is 3.76. The Morgan fingerprint density at radius 2 is 1.80 bits per heavy atom. The first-order chi connectivity index (χ1) is 4.54. The molecular weight excluding hydrogens is 392 g/mol. The summed E-state index contributed by atoms with van der Waals surface area (Å²) >= 11 is 14.5. The highest BCUT2D eigenvalue weighted by Crippen LogP contribution is 2.47. The summed E-state index contributed by atoms with van der Waals surface area (Å²) in [6.45, 7) is 0. The molecule has 0 saturated heterocycles. The van der Waals surface area contributed by atoms with Crippen LogP contribution in [0.15, 0.2) is 0 Å². The molecule has 1 aliphatic carbocycles. The maximum atomic E-state index is 3.64. The van der Waals surface area contributed by atoms with Gasteiger partial charge in [0.15, 0.2) is 0 Å². The van der Waals surface area contributed by atoms with Gasteiger partial charge in [-0.3, -0.25) is 0 Å². The second kappa shape index (κ2) is 3.75. The lowest BCUT2D eigenvalue weighted by Crippen LogP contribution is -2.36. The van der Waals surface area contributed by atoms with Gasteiger partial charge >= 0.3 is 0 Å². The fraction of sp³-hybridized carbons (Fsp3) is 1.00. The van der Waals surface area contributed by atoms with Crippen molar-refractivity contribution in [2.75, 3.05) is 0 Å². The molecule has 0 N–H and O–H groups in total. The van der Waals surface area contributed by atoms with Crippen molar-refractivity contribution in [2.45, 2.75) is 32.2 Å². The van der Waals surface area contributed by atoms with E-state index in [2.05, 4.69) is 63.7 Å². The zero-order chi connectivity index (χ0) is 7.78. The van der Waals surface area contributed by atoms with Crippen molar-refractivity contribution in [3.05, 3.63) is 0 Å². The van der Waals surface area contributed by atoms with Crippen molar-refractivity contribution in [2.24, 2.45) is 0 Å². The van der Waals surface area contributed by atoms with Gasteiger partial charge in [0.2, 0.25) is 0 Å². The van der Waals surface area contributed by atoms with Gasteiger partial charge in [-0.1, -0.05) is 70.1 Å². The van der Waals surface area contributed by atoms with Crippen LogP contribution < -0.4 is 0 Å². The molecule has 0 spiro atoms. The quantitative estimate of drug-likeness (QED) is 0.536. The van der Waals surface area contributed by atoms with Crippen LogP contribution in [0.2, 0.25) is 0 Å². The first-order valence-electron chi connectivity index (χ1n) is 3.20. The van der Waals surface area contributed by atoms with Gasteiger partial charge < -0.3 is 0 Å². The molecule has 0 aromatic heterocycles. The molecule has 60 valence electrons. The van der Waals surface area contributed by atoms with E-state index in [1.807, 2.05) is 0 Å². The third-order valence-corrected chi connectivity index (χ3v) is 7.83. The van der Waals surface area contributed by atoms with Crippen molar-refractivity contribution in [3.63, 3.8) is 0 Å². The second-order valence-corrected chi connectivity index (χ2v) is 8.63. The summed E-state index contributed by atoms with van der Waals surface area (Å²) in [5, 5.41) is 0. The molecule has 10 heavy (non-hydrogen) atoms. The predicted molar refractivity (Wildman–Crippen MR) is 59.9 cm³/mol. The molecular formula is C6H8Br4.